The molecule has 192 valence electrons. The minimum Gasteiger partial charge on any atom is -0.445 e. The number of rotatable bonds is 6. The van der Waals surface area contributed by atoms with Crippen molar-refractivity contribution in [2.45, 2.75) is 25.7 Å². The van der Waals surface area contributed by atoms with Gasteiger partial charge in [0.05, 0.1) is 12.3 Å². The van der Waals surface area contributed by atoms with Crippen molar-refractivity contribution < 1.29 is 19.5 Å². The molecule has 5 nitrogen and oxygen atoms in total. The number of hydrogen-bond donors (Lipinski definition) is 1. The fourth-order valence-corrected chi connectivity index (χ4v) is 6.54. The van der Waals surface area contributed by atoms with Crippen molar-refractivity contribution in [2.24, 2.45) is 0 Å². The van der Waals surface area contributed by atoms with E-state index in [1.807, 2.05) is 12.1 Å². The molecule has 0 saturated carbocycles. The number of aryl methyl sites for hydroxylation is 1. The van der Waals surface area contributed by atoms with E-state index in [2.05, 4.69) is 54.6 Å². The highest BCUT2D eigenvalue weighted by Crippen LogP contribution is 2.42. The number of thiophene rings is 1. The van der Waals surface area contributed by atoms with Gasteiger partial charge in [0, 0.05) is 16.9 Å². The van der Waals surface area contributed by atoms with Gasteiger partial charge in [0.25, 0.3) is 0 Å². The van der Waals surface area contributed by atoms with Crippen molar-refractivity contribution >= 4 is 34.8 Å². The molecule has 1 N–H and O–H groups in total. The summed E-state index contributed by atoms with van der Waals surface area (Å²) in [5.41, 5.74) is 11.3. The average Bonchev–Trinajstić information content (AvgIpc) is 3.47. The number of hydroxylamine groups is 1. The summed E-state index contributed by atoms with van der Waals surface area (Å²) in [6.45, 7) is 0.350. The highest BCUT2D eigenvalue weighted by atomic mass is 32.1. The summed E-state index contributed by atoms with van der Waals surface area (Å²) >= 11 is 1.73. The van der Waals surface area contributed by atoms with Gasteiger partial charge < -0.3 is 9.47 Å². The molecule has 1 amide bonds. The first-order valence-corrected chi connectivity index (χ1v) is 13.7. The number of carbonyl (C=O) groups excluding carboxylic acids is 1. The Kier molecular flexibility index (Phi) is 6.85. The van der Waals surface area contributed by atoms with E-state index in [9.17, 15) is 10.0 Å². The van der Waals surface area contributed by atoms with Crippen LogP contribution in [-0.4, -0.2) is 31.6 Å². The Morgan fingerprint density at radius 1 is 0.868 bits per heavy atom. The van der Waals surface area contributed by atoms with Crippen LogP contribution in [0.3, 0.4) is 0 Å². The summed E-state index contributed by atoms with van der Waals surface area (Å²) < 4.78 is 9.90. The fraction of sp³-hybridized carbons (Fsp3) is 0.219. The Hall–Kier alpha value is -3.71. The van der Waals surface area contributed by atoms with E-state index in [4.69, 9.17) is 9.47 Å². The van der Waals surface area contributed by atoms with Crippen LogP contribution >= 0.6 is 11.3 Å². The average molecular weight is 524 g/mol. The fourth-order valence-electron chi connectivity index (χ4n) is 5.49. The van der Waals surface area contributed by atoms with Crippen molar-refractivity contribution in [3.05, 3.63) is 99.9 Å². The molecular formula is C32H29NO4S. The molecule has 38 heavy (non-hydrogen) atoms. The van der Waals surface area contributed by atoms with Crippen molar-refractivity contribution in [3.63, 3.8) is 0 Å². The van der Waals surface area contributed by atoms with Crippen LogP contribution in [0.1, 0.15) is 33.6 Å². The van der Waals surface area contributed by atoms with E-state index in [-0.39, 0.29) is 13.2 Å². The molecule has 0 atom stereocenters. The third-order valence-electron chi connectivity index (χ3n) is 7.38. The summed E-state index contributed by atoms with van der Waals surface area (Å²) in [7, 11) is 1.53. The van der Waals surface area contributed by atoms with Gasteiger partial charge in [-0.1, -0.05) is 54.6 Å². The molecule has 6 heteroatoms. The molecule has 2 aliphatic carbocycles. The van der Waals surface area contributed by atoms with E-state index in [0.717, 1.165) is 36.1 Å². The van der Waals surface area contributed by atoms with Gasteiger partial charge in [0.1, 0.15) is 6.61 Å². The van der Waals surface area contributed by atoms with Gasteiger partial charge in [0.15, 0.2) is 0 Å². The summed E-state index contributed by atoms with van der Waals surface area (Å²) in [5.74, 6) is 0. The minimum absolute atomic E-state index is 0.0781. The zero-order valence-corrected chi connectivity index (χ0v) is 22.1. The number of benzene rings is 3. The Morgan fingerprint density at radius 3 is 2.61 bits per heavy atom. The molecule has 3 aromatic carbocycles. The molecule has 0 bridgehead atoms. The highest BCUT2D eigenvalue weighted by Gasteiger charge is 2.23. The van der Waals surface area contributed by atoms with Crippen LogP contribution in [-0.2, 0) is 28.7 Å². The molecule has 4 aromatic rings. The van der Waals surface area contributed by atoms with Crippen molar-refractivity contribution in [1.82, 2.24) is 0 Å². The number of nitrogens with zero attached hydrogens (tertiary/aromatic N) is 1. The molecule has 0 aliphatic heterocycles. The third kappa shape index (κ3) is 4.67. The molecule has 0 radical (unpaired) electrons. The van der Waals surface area contributed by atoms with Crippen molar-refractivity contribution in [1.29, 1.82) is 0 Å². The molecule has 0 unspecified atom stereocenters. The van der Waals surface area contributed by atoms with Gasteiger partial charge in [-0.05, 0) is 94.5 Å². The summed E-state index contributed by atoms with van der Waals surface area (Å²) in [4.78, 5) is 14.5. The zero-order chi connectivity index (χ0) is 26.1. The minimum atomic E-state index is -0.831. The number of methoxy groups -OCH3 is 1. The molecule has 2 aliphatic rings. The molecule has 1 aromatic heterocycles. The van der Waals surface area contributed by atoms with E-state index in [0.29, 0.717) is 10.8 Å². The number of amides is 1. The first-order valence-electron chi connectivity index (χ1n) is 12.9. The van der Waals surface area contributed by atoms with E-state index in [1.54, 1.807) is 23.5 Å². The second kappa shape index (κ2) is 10.6. The first-order chi connectivity index (χ1) is 18.6. The van der Waals surface area contributed by atoms with Gasteiger partial charge >= 0.3 is 6.09 Å². The quantitative estimate of drug-likeness (QED) is 0.160. The Labute approximate surface area is 226 Å². The molecule has 0 fully saturated rings. The topological polar surface area (TPSA) is 59.0 Å². The van der Waals surface area contributed by atoms with Gasteiger partial charge in [-0.25, -0.2) is 4.79 Å². The first kappa shape index (κ1) is 24.6. The van der Waals surface area contributed by atoms with Gasteiger partial charge in [-0.3, -0.25) is 5.21 Å². The lowest BCUT2D eigenvalue weighted by Gasteiger charge is -2.26. The van der Waals surface area contributed by atoms with Crippen LogP contribution < -0.4 is 5.06 Å². The predicted octanol–water partition coefficient (Wildman–Crippen LogP) is 7.65. The maximum Gasteiger partial charge on any atom is 0.438 e. The summed E-state index contributed by atoms with van der Waals surface area (Å²) in [6.07, 6.45) is 5.82. The van der Waals surface area contributed by atoms with Crippen molar-refractivity contribution in [2.75, 3.05) is 25.4 Å². The SMILES string of the molecule is COCCOC(=O)N(O)c1cccc(-c2ccc(C3=Cc4ccc5c(c4CC3)CCc3ccccc3-5)s2)c1. The van der Waals surface area contributed by atoms with Crippen LogP contribution in [0, 0.1) is 0 Å². The second-order valence-electron chi connectivity index (χ2n) is 9.62. The van der Waals surface area contributed by atoms with Crippen LogP contribution in [0.2, 0.25) is 0 Å². The van der Waals surface area contributed by atoms with Crippen LogP contribution in [0.25, 0.3) is 33.2 Å². The van der Waals surface area contributed by atoms with Crippen LogP contribution in [0.4, 0.5) is 10.5 Å². The molecule has 0 saturated heterocycles. The maximum atomic E-state index is 12.1. The Bertz CT molecular complexity index is 1540. The molecule has 1 heterocycles. The van der Waals surface area contributed by atoms with E-state index in [1.165, 1.54) is 50.9 Å². The highest BCUT2D eigenvalue weighted by molar-refractivity contribution is 7.16. The number of carbonyl (C=O) groups is 1. The van der Waals surface area contributed by atoms with Crippen LogP contribution in [0.15, 0.2) is 72.8 Å². The second-order valence-corrected chi connectivity index (χ2v) is 10.7. The number of fused-ring (bicyclic) bond motifs is 5. The molecule has 0 spiro atoms. The van der Waals surface area contributed by atoms with Crippen LogP contribution in [0.5, 0.6) is 0 Å². The lowest BCUT2D eigenvalue weighted by atomic mass is 9.78. The Morgan fingerprint density at radius 2 is 1.71 bits per heavy atom. The third-order valence-corrected chi connectivity index (χ3v) is 8.59. The lowest BCUT2D eigenvalue weighted by molar-refractivity contribution is 0.0856. The van der Waals surface area contributed by atoms with Crippen molar-refractivity contribution in [3.8, 4) is 21.6 Å². The number of allylic oxidation sites excluding steroid dienone is 1. The number of ether oxygens (including phenoxy) is 2. The lowest BCUT2D eigenvalue weighted by Crippen LogP contribution is -2.28. The predicted molar refractivity (Wildman–Crippen MR) is 153 cm³/mol. The van der Waals surface area contributed by atoms with E-state index < -0.39 is 6.09 Å². The molecular weight excluding hydrogens is 494 g/mol. The van der Waals surface area contributed by atoms with Gasteiger partial charge in [0.2, 0.25) is 0 Å². The normalized spacial score (nSPS) is 13.7. The standard InChI is InChI=1S/C32H29NO4S/c1-36-17-18-37-32(34)33(35)25-7-4-6-23(20-25)30-15-16-31(38-30)24-11-12-27-22(19-24)10-14-28-26-8-3-2-5-21(26)9-13-29(27)28/h2-8,10,14-16,19-20,35H,9,11-13,17-18H2,1H3. The smallest absolute Gasteiger partial charge is 0.438 e. The number of anilines is 1. The Balaban J connectivity index is 1.24. The molecule has 6 rings (SSSR count). The maximum absolute atomic E-state index is 12.1. The van der Waals surface area contributed by atoms with Gasteiger partial charge in [-0.15, -0.1) is 11.3 Å². The van der Waals surface area contributed by atoms with E-state index >= 15 is 0 Å². The summed E-state index contributed by atoms with van der Waals surface area (Å²) in [5, 5.41) is 10.8. The largest absolute Gasteiger partial charge is 0.445 e. The number of hydrogen-bond acceptors (Lipinski definition) is 5. The monoisotopic (exact) mass is 523 g/mol. The van der Waals surface area contributed by atoms with Gasteiger partial charge in [-0.2, -0.15) is 5.06 Å². The summed E-state index contributed by atoms with van der Waals surface area (Å²) in [6, 6.07) is 24.9. The zero-order valence-electron chi connectivity index (χ0n) is 21.3.